The Morgan fingerprint density at radius 3 is 2.38 bits per heavy atom. The molecule has 0 aliphatic heterocycles. The zero-order valence-electron chi connectivity index (χ0n) is 22.3. The number of imidazole rings is 1. The number of aryl methyl sites for hydroxylation is 1. The molecule has 0 aliphatic rings. The minimum Gasteiger partial charge on any atom is -0.342 e. The number of aromatic amines is 1. The first kappa shape index (κ1) is 27.0. The highest BCUT2D eigenvalue weighted by atomic mass is 32.2. The zero-order valence-corrected chi connectivity index (χ0v) is 23.1. The number of hydrogen-bond donors (Lipinski definition) is 1. The van der Waals surface area contributed by atoms with Crippen molar-refractivity contribution in [2.45, 2.75) is 77.3 Å². The van der Waals surface area contributed by atoms with E-state index in [4.69, 9.17) is 0 Å². The molecule has 196 valence electrons. The van der Waals surface area contributed by atoms with Crippen molar-refractivity contribution >= 4 is 21.1 Å². The van der Waals surface area contributed by atoms with E-state index >= 15 is 0 Å². The Morgan fingerprint density at radius 1 is 0.973 bits per heavy atom. The first-order valence-corrected chi connectivity index (χ1v) is 14.7. The summed E-state index contributed by atoms with van der Waals surface area (Å²) < 4.78 is 29.9. The van der Waals surface area contributed by atoms with Crippen molar-refractivity contribution in [1.82, 2.24) is 19.3 Å². The molecule has 0 radical (unpaired) electrons. The van der Waals surface area contributed by atoms with Gasteiger partial charge in [-0.25, -0.2) is 13.4 Å². The Labute approximate surface area is 221 Å². The Morgan fingerprint density at radius 2 is 1.70 bits per heavy atom. The van der Waals surface area contributed by atoms with Gasteiger partial charge in [-0.3, -0.25) is 4.98 Å². The van der Waals surface area contributed by atoms with E-state index in [0.717, 1.165) is 59.4 Å². The van der Waals surface area contributed by atoms with E-state index in [0.29, 0.717) is 23.8 Å². The van der Waals surface area contributed by atoms with E-state index in [9.17, 15) is 8.42 Å². The number of nitrogens with one attached hydrogen (secondary N) is 1. The predicted octanol–water partition coefficient (Wildman–Crippen LogP) is 6.65. The van der Waals surface area contributed by atoms with Crippen molar-refractivity contribution in [3.63, 3.8) is 0 Å². The summed E-state index contributed by atoms with van der Waals surface area (Å²) in [7, 11) is -3.70. The van der Waals surface area contributed by atoms with Gasteiger partial charge in [0.15, 0.2) is 0 Å². The summed E-state index contributed by atoms with van der Waals surface area (Å²) in [4.78, 5) is 12.7. The molecule has 0 fully saturated rings. The number of nitrogens with zero attached hydrogens (tertiary/aromatic N) is 3. The standard InChI is InChI=1S/C30H38N4O2S/c1-5-6-12-26(19-22(2)3)34(21-25-10-8-7-9-11-25)37(35,36)27-15-13-24(14-16-27)20-29-30-28(17-18-31-29)32-23(4)33-30/h7-11,13-18,22,26H,5-6,12,19-21H2,1-4H3,(H,32,33). The van der Waals surface area contributed by atoms with Crippen LogP contribution in [0.2, 0.25) is 0 Å². The zero-order chi connectivity index (χ0) is 26.4. The van der Waals surface area contributed by atoms with Crippen LogP contribution < -0.4 is 0 Å². The lowest BCUT2D eigenvalue weighted by Crippen LogP contribution is -2.40. The van der Waals surface area contributed by atoms with Gasteiger partial charge in [-0.1, -0.05) is 76.1 Å². The van der Waals surface area contributed by atoms with Gasteiger partial charge in [0.2, 0.25) is 10.0 Å². The van der Waals surface area contributed by atoms with Crippen LogP contribution in [0.3, 0.4) is 0 Å². The van der Waals surface area contributed by atoms with Crippen LogP contribution in [0.25, 0.3) is 11.0 Å². The molecule has 0 saturated heterocycles. The fourth-order valence-corrected chi connectivity index (χ4v) is 6.54. The van der Waals surface area contributed by atoms with Crippen LogP contribution in [0.1, 0.15) is 69.1 Å². The Hall–Kier alpha value is -3.03. The van der Waals surface area contributed by atoms with Gasteiger partial charge >= 0.3 is 0 Å². The molecule has 1 atom stereocenters. The van der Waals surface area contributed by atoms with Crippen LogP contribution in [-0.2, 0) is 23.0 Å². The third-order valence-corrected chi connectivity index (χ3v) is 8.63. The van der Waals surface area contributed by atoms with Crippen LogP contribution >= 0.6 is 0 Å². The summed E-state index contributed by atoms with van der Waals surface area (Å²) in [6.45, 7) is 8.78. The van der Waals surface area contributed by atoms with Gasteiger partial charge in [-0.05, 0) is 55.0 Å². The van der Waals surface area contributed by atoms with Crippen molar-refractivity contribution < 1.29 is 8.42 Å². The molecule has 6 nitrogen and oxygen atoms in total. The topological polar surface area (TPSA) is 79.0 Å². The fourth-order valence-electron chi connectivity index (χ4n) is 4.89. The summed E-state index contributed by atoms with van der Waals surface area (Å²) in [6, 6.07) is 19.1. The van der Waals surface area contributed by atoms with Crippen LogP contribution in [0.5, 0.6) is 0 Å². The summed E-state index contributed by atoms with van der Waals surface area (Å²) in [5.41, 5.74) is 4.69. The van der Waals surface area contributed by atoms with E-state index in [2.05, 4.69) is 35.7 Å². The maximum atomic E-state index is 14.1. The van der Waals surface area contributed by atoms with Crippen molar-refractivity contribution in [1.29, 1.82) is 0 Å². The number of aromatic nitrogens is 3. The molecule has 2 aromatic carbocycles. The van der Waals surface area contributed by atoms with Gasteiger partial charge in [0.25, 0.3) is 0 Å². The van der Waals surface area contributed by atoms with E-state index < -0.39 is 10.0 Å². The number of sulfonamides is 1. The maximum absolute atomic E-state index is 14.1. The minimum absolute atomic E-state index is 0.0467. The average molecular weight is 519 g/mol. The molecule has 0 aliphatic carbocycles. The fraction of sp³-hybridized carbons (Fsp3) is 0.400. The lowest BCUT2D eigenvalue weighted by Gasteiger charge is -2.32. The molecule has 0 saturated carbocycles. The molecule has 0 spiro atoms. The molecule has 37 heavy (non-hydrogen) atoms. The summed E-state index contributed by atoms with van der Waals surface area (Å²) in [5.74, 6) is 1.25. The normalized spacial score (nSPS) is 13.0. The van der Waals surface area contributed by atoms with Crippen molar-refractivity contribution in [2.75, 3.05) is 0 Å². The van der Waals surface area contributed by atoms with Gasteiger partial charge in [0.1, 0.15) is 11.3 Å². The average Bonchev–Trinajstić information content (AvgIpc) is 3.27. The van der Waals surface area contributed by atoms with Crippen LogP contribution in [0.4, 0.5) is 0 Å². The third kappa shape index (κ3) is 6.65. The second-order valence-corrected chi connectivity index (χ2v) is 12.1. The second kappa shape index (κ2) is 12.0. The van der Waals surface area contributed by atoms with E-state index in [1.54, 1.807) is 22.6 Å². The van der Waals surface area contributed by atoms with E-state index in [-0.39, 0.29) is 6.04 Å². The lowest BCUT2D eigenvalue weighted by molar-refractivity contribution is 0.256. The highest BCUT2D eigenvalue weighted by Gasteiger charge is 2.32. The molecule has 0 bridgehead atoms. The molecule has 1 N–H and O–H groups in total. The number of unbranched alkanes of at least 4 members (excludes halogenated alkanes) is 1. The first-order valence-electron chi connectivity index (χ1n) is 13.2. The largest absolute Gasteiger partial charge is 0.342 e. The van der Waals surface area contributed by atoms with Gasteiger partial charge < -0.3 is 4.98 Å². The SMILES string of the molecule is CCCCC(CC(C)C)N(Cc1ccccc1)S(=O)(=O)c1ccc(Cc2nccc3[nH]c(C)nc23)cc1. The molecule has 4 aromatic rings. The molecule has 2 heterocycles. The first-order chi connectivity index (χ1) is 17.8. The second-order valence-electron chi connectivity index (χ2n) is 10.3. The van der Waals surface area contributed by atoms with E-state index in [1.165, 1.54) is 0 Å². The van der Waals surface area contributed by atoms with Gasteiger partial charge in [0, 0.05) is 25.2 Å². The smallest absolute Gasteiger partial charge is 0.243 e. The number of fused-ring (bicyclic) bond motifs is 1. The van der Waals surface area contributed by atoms with Gasteiger partial charge in [0.05, 0.1) is 16.1 Å². The number of H-pyrrole nitrogens is 1. The molecule has 4 rings (SSSR count). The number of pyridine rings is 1. The molecule has 7 heteroatoms. The molecular formula is C30H38N4O2S. The Bertz CT molecular complexity index is 1400. The number of hydrogen-bond acceptors (Lipinski definition) is 4. The van der Waals surface area contributed by atoms with E-state index in [1.807, 2.05) is 55.5 Å². The highest BCUT2D eigenvalue weighted by molar-refractivity contribution is 7.89. The minimum atomic E-state index is -3.70. The summed E-state index contributed by atoms with van der Waals surface area (Å²) in [6.07, 6.45) is 6.10. The molecular weight excluding hydrogens is 480 g/mol. The summed E-state index contributed by atoms with van der Waals surface area (Å²) in [5, 5.41) is 0. The quantitative estimate of drug-likeness (QED) is 0.228. The summed E-state index contributed by atoms with van der Waals surface area (Å²) >= 11 is 0. The van der Waals surface area contributed by atoms with Gasteiger partial charge in [-0.15, -0.1) is 0 Å². The van der Waals surface area contributed by atoms with Crippen molar-refractivity contribution in [2.24, 2.45) is 5.92 Å². The van der Waals surface area contributed by atoms with Crippen molar-refractivity contribution in [3.8, 4) is 0 Å². The monoisotopic (exact) mass is 518 g/mol. The molecule has 0 amide bonds. The maximum Gasteiger partial charge on any atom is 0.243 e. The number of rotatable bonds is 12. The third-order valence-electron chi connectivity index (χ3n) is 6.72. The Kier molecular flexibility index (Phi) is 8.77. The number of benzene rings is 2. The van der Waals surface area contributed by atoms with Crippen LogP contribution in [0.15, 0.2) is 71.8 Å². The highest BCUT2D eigenvalue weighted by Crippen LogP contribution is 2.28. The van der Waals surface area contributed by atoms with Crippen LogP contribution in [0, 0.1) is 12.8 Å². The molecule has 2 aromatic heterocycles. The Balaban J connectivity index is 1.63. The molecule has 1 unspecified atom stereocenters. The van der Waals surface area contributed by atoms with Gasteiger partial charge in [-0.2, -0.15) is 4.31 Å². The lowest BCUT2D eigenvalue weighted by atomic mass is 9.98. The predicted molar refractivity (Wildman–Crippen MR) is 150 cm³/mol. The van der Waals surface area contributed by atoms with Crippen molar-refractivity contribution in [3.05, 3.63) is 89.5 Å². The van der Waals surface area contributed by atoms with Crippen LogP contribution in [-0.4, -0.2) is 33.7 Å².